The number of benzene rings is 1. The number of methoxy groups -OCH3 is 1. The molecule has 0 fully saturated rings. The summed E-state index contributed by atoms with van der Waals surface area (Å²) in [4.78, 5) is 12.5. The van der Waals surface area contributed by atoms with Gasteiger partial charge in [0.1, 0.15) is 0 Å². The van der Waals surface area contributed by atoms with Gasteiger partial charge in [0.25, 0.3) is 0 Å². The van der Waals surface area contributed by atoms with Crippen LogP contribution in [-0.4, -0.2) is 28.6 Å². The van der Waals surface area contributed by atoms with Gasteiger partial charge in [0.05, 0.1) is 22.8 Å². The highest BCUT2D eigenvalue weighted by Crippen LogP contribution is 2.31. The fourth-order valence-corrected chi connectivity index (χ4v) is 2.04. The minimum atomic E-state index is 0.203. The van der Waals surface area contributed by atoms with E-state index in [-0.39, 0.29) is 6.01 Å². The topological polar surface area (TPSA) is 72.0 Å². The van der Waals surface area contributed by atoms with Gasteiger partial charge in [-0.25, -0.2) is 0 Å². The number of para-hydroxylation sites is 1. The average Bonchev–Trinajstić information content (AvgIpc) is 2.49. The fourth-order valence-electron chi connectivity index (χ4n) is 1.55. The van der Waals surface area contributed by atoms with Crippen LogP contribution in [0, 0.1) is 0 Å². The Morgan fingerprint density at radius 2 is 1.76 bits per heavy atom. The third-order valence-corrected chi connectivity index (χ3v) is 3.16. The molecule has 0 saturated carbocycles. The molecule has 0 bridgehead atoms. The SMILES string of the molecule is CCCNc1nc(Nc2c(Cl)cccc2Cl)nc(OC)n1. The zero-order valence-electron chi connectivity index (χ0n) is 11.7. The van der Waals surface area contributed by atoms with Gasteiger partial charge in [-0.2, -0.15) is 15.0 Å². The molecule has 0 saturated heterocycles. The van der Waals surface area contributed by atoms with E-state index < -0.39 is 0 Å². The minimum Gasteiger partial charge on any atom is -0.467 e. The molecular formula is C13H15Cl2N5O. The van der Waals surface area contributed by atoms with E-state index in [0.717, 1.165) is 13.0 Å². The molecule has 0 aliphatic carbocycles. The van der Waals surface area contributed by atoms with Crippen molar-refractivity contribution in [3.8, 4) is 6.01 Å². The van der Waals surface area contributed by atoms with Crippen molar-refractivity contribution >= 4 is 40.8 Å². The Bertz CT molecular complexity index is 603. The van der Waals surface area contributed by atoms with E-state index in [1.54, 1.807) is 18.2 Å². The highest BCUT2D eigenvalue weighted by atomic mass is 35.5. The lowest BCUT2D eigenvalue weighted by molar-refractivity contribution is 0.379. The predicted octanol–water partition coefficient (Wildman–Crippen LogP) is 3.75. The predicted molar refractivity (Wildman–Crippen MR) is 84.9 cm³/mol. The van der Waals surface area contributed by atoms with Crippen LogP contribution in [0.4, 0.5) is 17.6 Å². The molecule has 2 aromatic rings. The van der Waals surface area contributed by atoms with Gasteiger partial charge in [-0.1, -0.05) is 36.2 Å². The Morgan fingerprint density at radius 1 is 1.10 bits per heavy atom. The van der Waals surface area contributed by atoms with Crippen molar-refractivity contribution in [2.24, 2.45) is 0 Å². The van der Waals surface area contributed by atoms with Crippen molar-refractivity contribution in [1.82, 2.24) is 15.0 Å². The summed E-state index contributed by atoms with van der Waals surface area (Å²) in [6, 6.07) is 5.42. The summed E-state index contributed by atoms with van der Waals surface area (Å²) in [5, 5.41) is 7.02. The molecule has 1 aromatic heterocycles. The van der Waals surface area contributed by atoms with Crippen LogP contribution in [-0.2, 0) is 0 Å². The van der Waals surface area contributed by atoms with Gasteiger partial charge in [-0.3, -0.25) is 0 Å². The van der Waals surface area contributed by atoms with Gasteiger partial charge < -0.3 is 15.4 Å². The average molecular weight is 328 g/mol. The first-order chi connectivity index (χ1) is 10.1. The maximum Gasteiger partial charge on any atom is 0.322 e. The van der Waals surface area contributed by atoms with Gasteiger partial charge in [-0.15, -0.1) is 0 Å². The zero-order valence-corrected chi connectivity index (χ0v) is 13.2. The lowest BCUT2D eigenvalue weighted by Gasteiger charge is -2.11. The van der Waals surface area contributed by atoms with Gasteiger partial charge >= 0.3 is 6.01 Å². The first-order valence-corrected chi connectivity index (χ1v) is 7.14. The Balaban J connectivity index is 2.30. The third kappa shape index (κ3) is 4.09. The van der Waals surface area contributed by atoms with Gasteiger partial charge in [-0.05, 0) is 18.6 Å². The van der Waals surface area contributed by atoms with Crippen LogP contribution in [0.25, 0.3) is 0 Å². The maximum absolute atomic E-state index is 6.11. The summed E-state index contributed by atoms with van der Waals surface area (Å²) in [6.07, 6.45) is 0.951. The number of nitrogens with one attached hydrogen (secondary N) is 2. The number of hydrogen-bond acceptors (Lipinski definition) is 6. The molecule has 0 radical (unpaired) electrons. The second kappa shape index (κ2) is 7.28. The van der Waals surface area contributed by atoms with Gasteiger partial charge in [0.2, 0.25) is 11.9 Å². The lowest BCUT2D eigenvalue weighted by atomic mass is 10.3. The fraction of sp³-hybridized carbons (Fsp3) is 0.308. The molecule has 2 N–H and O–H groups in total. The van der Waals surface area contributed by atoms with Gasteiger partial charge in [0, 0.05) is 6.54 Å². The first-order valence-electron chi connectivity index (χ1n) is 6.39. The van der Waals surface area contributed by atoms with E-state index in [1.807, 2.05) is 6.92 Å². The number of ether oxygens (including phenoxy) is 1. The van der Waals surface area contributed by atoms with E-state index in [1.165, 1.54) is 7.11 Å². The quantitative estimate of drug-likeness (QED) is 0.841. The summed E-state index contributed by atoms with van der Waals surface area (Å²) < 4.78 is 5.07. The van der Waals surface area contributed by atoms with Crippen molar-refractivity contribution in [1.29, 1.82) is 0 Å². The van der Waals surface area contributed by atoms with Crippen molar-refractivity contribution in [3.63, 3.8) is 0 Å². The van der Waals surface area contributed by atoms with Crippen LogP contribution in [0.3, 0.4) is 0 Å². The van der Waals surface area contributed by atoms with Crippen LogP contribution < -0.4 is 15.4 Å². The minimum absolute atomic E-state index is 0.203. The maximum atomic E-state index is 6.11. The Morgan fingerprint density at radius 3 is 2.38 bits per heavy atom. The molecule has 6 nitrogen and oxygen atoms in total. The monoisotopic (exact) mass is 327 g/mol. The normalized spacial score (nSPS) is 10.3. The van der Waals surface area contributed by atoms with Crippen LogP contribution in [0.1, 0.15) is 13.3 Å². The number of aromatic nitrogens is 3. The van der Waals surface area contributed by atoms with E-state index >= 15 is 0 Å². The summed E-state index contributed by atoms with van der Waals surface area (Å²) in [5.74, 6) is 0.727. The molecule has 112 valence electrons. The molecule has 2 rings (SSSR count). The van der Waals surface area contributed by atoms with E-state index in [2.05, 4.69) is 25.6 Å². The summed E-state index contributed by atoms with van der Waals surface area (Å²) in [5.41, 5.74) is 0.538. The Labute approximate surface area is 132 Å². The summed E-state index contributed by atoms with van der Waals surface area (Å²) >= 11 is 12.2. The largest absolute Gasteiger partial charge is 0.467 e. The number of hydrogen-bond donors (Lipinski definition) is 2. The molecule has 21 heavy (non-hydrogen) atoms. The van der Waals surface area contributed by atoms with Crippen LogP contribution in [0.15, 0.2) is 18.2 Å². The molecule has 0 atom stereocenters. The molecule has 0 aliphatic heterocycles. The van der Waals surface area contributed by atoms with Crippen molar-refractivity contribution in [2.75, 3.05) is 24.3 Å². The van der Waals surface area contributed by atoms with Gasteiger partial charge in [0.15, 0.2) is 0 Å². The van der Waals surface area contributed by atoms with E-state index in [0.29, 0.717) is 27.6 Å². The van der Waals surface area contributed by atoms with Crippen LogP contribution in [0.5, 0.6) is 6.01 Å². The zero-order chi connectivity index (χ0) is 15.2. The number of nitrogens with zero attached hydrogens (tertiary/aromatic N) is 3. The second-order valence-electron chi connectivity index (χ2n) is 4.12. The molecule has 1 aromatic carbocycles. The second-order valence-corrected chi connectivity index (χ2v) is 4.93. The molecule has 1 heterocycles. The van der Waals surface area contributed by atoms with E-state index in [9.17, 15) is 0 Å². The van der Waals surface area contributed by atoms with Crippen molar-refractivity contribution < 1.29 is 4.74 Å². The molecule has 0 spiro atoms. The molecular weight excluding hydrogens is 313 g/mol. The van der Waals surface area contributed by atoms with Crippen molar-refractivity contribution in [2.45, 2.75) is 13.3 Å². The summed E-state index contributed by atoms with van der Waals surface area (Å²) in [7, 11) is 1.49. The lowest BCUT2D eigenvalue weighted by Crippen LogP contribution is -2.09. The summed E-state index contributed by atoms with van der Waals surface area (Å²) in [6.45, 7) is 2.80. The van der Waals surface area contributed by atoms with Crippen LogP contribution >= 0.6 is 23.2 Å². The molecule has 0 aliphatic rings. The number of halogens is 2. The third-order valence-electron chi connectivity index (χ3n) is 2.53. The smallest absolute Gasteiger partial charge is 0.322 e. The first kappa shape index (κ1) is 15.6. The van der Waals surface area contributed by atoms with E-state index in [4.69, 9.17) is 27.9 Å². The molecule has 0 unspecified atom stereocenters. The number of rotatable bonds is 6. The molecule has 8 heteroatoms. The highest BCUT2D eigenvalue weighted by Gasteiger charge is 2.10. The van der Waals surface area contributed by atoms with Crippen LogP contribution in [0.2, 0.25) is 10.0 Å². The Kier molecular flexibility index (Phi) is 5.41. The molecule has 0 amide bonds. The van der Waals surface area contributed by atoms with Crippen molar-refractivity contribution in [3.05, 3.63) is 28.2 Å². The standard InChI is InChI=1S/C13H15Cl2N5O/c1-3-7-16-11-18-12(20-13(19-11)21-2)17-10-8(14)5-4-6-9(10)15/h4-6H,3,7H2,1-2H3,(H2,16,17,18,19,20). The Hall–Kier alpha value is -1.79. The highest BCUT2D eigenvalue weighted by molar-refractivity contribution is 6.39. The number of anilines is 3.